The van der Waals surface area contributed by atoms with Crippen LogP contribution in [0.1, 0.15) is 31.2 Å². The number of β-amino-alcohol motifs (C(OH)–C–C–N with tert-alkyl or cyclic N) is 1. The number of nitrogen functional groups attached to an aromatic ring is 1. The molecule has 0 radical (unpaired) electrons. The van der Waals surface area contributed by atoms with Crippen molar-refractivity contribution in [1.29, 1.82) is 5.26 Å². The van der Waals surface area contributed by atoms with Crippen molar-refractivity contribution in [3.05, 3.63) is 35.4 Å². The Morgan fingerprint density at radius 3 is 2.70 bits per heavy atom. The van der Waals surface area contributed by atoms with Crippen molar-refractivity contribution in [3.8, 4) is 23.2 Å². The number of aliphatic hydroxyl groups is 1. The molecule has 0 bridgehead atoms. The Kier molecular flexibility index (Phi) is 7.41. The van der Waals surface area contributed by atoms with Gasteiger partial charge in [0.15, 0.2) is 10.9 Å². The van der Waals surface area contributed by atoms with Gasteiger partial charge >= 0.3 is 12.2 Å². The maximum atomic E-state index is 16.7. The van der Waals surface area contributed by atoms with E-state index in [0.29, 0.717) is 13.0 Å². The van der Waals surface area contributed by atoms with Crippen molar-refractivity contribution >= 4 is 43.4 Å². The number of rotatable bonds is 5. The zero-order valence-electron chi connectivity index (χ0n) is 24.1. The van der Waals surface area contributed by atoms with Crippen molar-refractivity contribution in [2.24, 2.45) is 5.92 Å². The smallest absolute Gasteiger partial charge is 0.417 e. The van der Waals surface area contributed by atoms with Gasteiger partial charge in [-0.05, 0) is 44.0 Å². The van der Waals surface area contributed by atoms with Crippen LogP contribution in [0.3, 0.4) is 0 Å². The molecule has 0 amide bonds. The molecule has 3 N–H and O–H groups in total. The van der Waals surface area contributed by atoms with Gasteiger partial charge in [0.05, 0.1) is 39.4 Å². The van der Waals surface area contributed by atoms with Crippen LogP contribution in [0, 0.1) is 28.9 Å². The van der Waals surface area contributed by atoms with Gasteiger partial charge in [-0.2, -0.15) is 28.4 Å². The first kappa shape index (κ1) is 30.7. The van der Waals surface area contributed by atoms with Crippen molar-refractivity contribution in [2.45, 2.75) is 49.7 Å². The van der Waals surface area contributed by atoms with Crippen LogP contribution < -0.4 is 15.4 Å². The molecule has 3 aliphatic heterocycles. The summed E-state index contributed by atoms with van der Waals surface area (Å²) in [6.07, 6.45) is -5.37. The molecule has 3 fully saturated rings. The number of nitriles is 1. The molecule has 16 heteroatoms. The first-order chi connectivity index (χ1) is 21.9. The predicted molar refractivity (Wildman–Crippen MR) is 158 cm³/mol. The molecule has 0 spiro atoms. The molecule has 3 aliphatic rings. The molecule has 5 heterocycles. The minimum absolute atomic E-state index is 0.0245. The summed E-state index contributed by atoms with van der Waals surface area (Å²) >= 11 is 0.720. The molecule has 2 aromatic heterocycles. The minimum Gasteiger partial charge on any atom is -0.461 e. The summed E-state index contributed by atoms with van der Waals surface area (Å²) in [6, 6.07) is 4.34. The summed E-state index contributed by atoms with van der Waals surface area (Å²) in [5, 5.41) is 19.6. The lowest BCUT2D eigenvalue weighted by Crippen LogP contribution is -2.44. The highest BCUT2D eigenvalue weighted by molar-refractivity contribution is 7.22. The van der Waals surface area contributed by atoms with Crippen LogP contribution in [-0.2, 0) is 6.18 Å². The highest BCUT2D eigenvalue weighted by Gasteiger charge is 2.49. The number of nitrogens with two attached hydrogens (primary N) is 1. The fraction of sp³-hybridized carbons (Fsp3) is 0.467. The third kappa shape index (κ3) is 5.05. The maximum absolute atomic E-state index is 16.7. The van der Waals surface area contributed by atoms with E-state index in [1.165, 1.54) is 4.90 Å². The quantitative estimate of drug-likeness (QED) is 0.268. The number of piperidine rings is 1. The molecule has 7 rings (SSSR count). The molecule has 2 aromatic carbocycles. The molecule has 9 nitrogen and oxygen atoms in total. The number of thiazole rings is 1. The lowest BCUT2D eigenvalue weighted by molar-refractivity contribution is -0.137. The van der Waals surface area contributed by atoms with Gasteiger partial charge in [0.1, 0.15) is 29.9 Å². The Bertz CT molecular complexity index is 1900. The molecule has 0 aliphatic carbocycles. The Labute approximate surface area is 262 Å². The Hall–Kier alpha value is -3.94. The van der Waals surface area contributed by atoms with Crippen LogP contribution in [0.4, 0.5) is 37.3 Å². The molecule has 3 saturated heterocycles. The van der Waals surface area contributed by atoms with Crippen LogP contribution in [0.5, 0.6) is 6.01 Å². The summed E-state index contributed by atoms with van der Waals surface area (Å²) in [5.41, 5.74) is 1.80. The van der Waals surface area contributed by atoms with Gasteiger partial charge in [-0.15, -0.1) is 0 Å². The lowest BCUT2D eigenvalue weighted by Gasteiger charge is -2.35. The SMILES string of the molecule is N#C[C@@H]1CCN(c2nc(OC[C@@]34CCCN3C[C@H](F)C4)nc3c(F)c(-c4ccc(F)c5sc(N)nc45)c(C(F)(F)F)cc23)C[C@H]1O. The molecular weight excluding hydrogens is 636 g/mol. The second-order valence-corrected chi connectivity index (χ2v) is 13.1. The summed E-state index contributed by atoms with van der Waals surface area (Å²) in [6.45, 7) is 0.883. The maximum Gasteiger partial charge on any atom is 0.417 e. The number of hydrogen-bond donors (Lipinski definition) is 2. The average molecular weight is 664 g/mol. The molecular formula is C30H27F6N7O2S. The van der Waals surface area contributed by atoms with E-state index in [-0.39, 0.29) is 77.2 Å². The molecule has 0 saturated carbocycles. The topological polar surface area (TPSA) is 124 Å². The number of fused-ring (bicyclic) bond motifs is 3. The largest absolute Gasteiger partial charge is 0.461 e. The predicted octanol–water partition coefficient (Wildman–Crippen LogP) is 5.45. The second-order valence-electron chi connectivity index (χ2n) is 12.1. The first-order valence-electron chi connectivity index (χ1n) is 14.7. The van der Waals surface area contributed by atoms with Crippen LogP contribution >= 0.6 is 11.3 Å². The number of benzene rings is 2. The fourth-order valence-electron chi connectivity index (χ4n) is 7.10. The van der Waals surface area contributed by atoms with E-state index in [4.69, 9.17) is 10.5 Å². The van der Waals surface area contributed by atoms with Gasteiger partial charge < -0.3 is 20.5 Å². The first-order valence-corrected chi connectivity index (χ1v) is 15.5. The Balaban J connectivity index is 1.42. The van der Waals surface area contributed by atoms with E-state index in [0.717, 1.165) is 36.0 Å². The van der Waals surface area contributed by atoms with E-state index in [9.17, 15) is 32.3 Å². The van der Waals surface area contributed by atoms with E-state index in [1.54, 1.807) is 0 Å². The number of nitrogens with zero attached hydrogens (tertiary/aromatic N) is 6. The summed E-state index contributed by atoms with van der Waals surface area (Å²) in [7, 11) is 0. The van der Waals surface area contributed by atoms with Gasteiger partial charge in [0.2, 0.25) is 0 Å². The number of aliphatic hydroxyl groups excluding tert-OH is 1. The van der Waals surface area contributed by atoms with E-state index < -0.39 is 58.2 Å². The minimum atomic E-state index is -5.08. The summed E-state index contributed by atoms with van der Waals surface area (Å²) < 4.78 is 95.8. The van der Waals surface area contributed by atoms with Gasteiger partial charge in [-0.3, -0.25) is 4.90 Å². The monoisotopic (exact) mass is 663 g/mol. The van der Waals surface area contributed by atoms with E-state index in [1.807, 2.05) is 11.0 Å². The normalized spacial score (nSPS) is 25.3. The van der Waals surface area contributed by atoms with Gasteiger partial charge in [0, 0.05) is 42.6 Å². The van der Waals surface area contributed by atoms with Crippen LogP contribution in [0.25, 0.3) is 32.2 Å². The highest BCUT2D eigenvalue weighted by Crippen LogP contribution is 2.46. The number of hydrogen-bond acceptors (Lipinski definition) is 10. The number of anilines is 2. The van der Waals surface area contributed by atoms with Crippen molar-refractivity contribution < 1.29 is 36.2 Å². The molecule has 4 atom stereocenters. The van der Waals surface area contributed by atoms with Crippen LogP contribution in [-0.4, -0.2) is 75.6 Å². The Morgan fingerprint density at radius 2 is 1.96 bits per heavy atom. The second kappa shape index (κ2) is 11.1. The number of aromatic nitrogens is 3. The van der Waals surface area contributed by atoms with Gasteiger partial charge in [-0.1, -0.05) is 11.3 Å². The highest BCUT2D eigenvalue weighted by atomic mass is 32.1. The van der Waals surface area contributed by atoms with E-state index in [2.05, 4.69) is 15.0 Å². The Morgan fingerprint density at radius 1 is 1.15 bits per heavy atom. The van der Waals surface area contributed by atoms with Crippen molar-refractivity contribution in [2.75, 3.05) is 43.4 Å². The number of halogens is 6. The van der Waals surface area contributed by atoms with Crippen molar-refractivity contribution in [3.63, 3.8) is 0 Å². The fourth-order valence-corrected chi connectivity index (χ4v) is 7.86. The van der Waals surface area contributed by atoms with Gasteiger partial charge in [0.25, 0.3) is 0 Å². The zero-order valence-corrected chi connectivity index (χ0v) is 24.9. The molecule has 242 valence electrons. The zero-order chi connectivity index (χ0) is 32.5. The summed E-state index contributed by atoms with van der Waals surface area (Å²) in [5.74, 6) is -2.96. The molecule has 4 aromatic rings. The van der Waals surface area contributed by atoms with Crippen LogP contribution in [0.15, 0.2) is 18.2 Å². The van der Waals surface area contributed by atoms with Crippen LogP contribution in [0.2, 0.25) is 0 Å². The molecule has 0 unspecified atom stereocenters. The standard InChI is InChI=1S/C30H27F6N7O2S/c31-15-9-29(5-1-6-43(29)11-15)13-45-28-40-23-17(26(41-28)42-7-4-14(10-37)20(44)12-42)8-18(30(34,35)36)21(22(23)33)16-2-3-19(32)25-24(16)39-27(38)46-25/h2-3,8,14-15,20,44H,1,4-7,9,11-13H2,(H2,38,39)/t14-,15+,20+,29-/m0/s1. The summed E-state index contributed by atoms with van der Waals surface area (Å²) in [4.78, 5) is 16.1. The van der Waals surface area contributed by atoms with Crippen molar-refractivity contribution in [1.82, 2.24) is 19.9 Å². The average Bonchev–Trinajstić information content (AvgIpc) is 3.67. The number of alkyl halides is 4. The molecule has 46 heavy (non-hydrogen) atoms. The van der Waals surface area contributed by atoms with Gasteiger partial charge in [-0.25, -0.2) is 18.2 Å². The number of ether oxygens (including phenoxy) is 1. The third-order valence-electron chi connectivity index (χ3n) is 9.26. The van der Waals surface area contributed by atoms with E-state index >= 15 is 4.39 Å². The lowest BCUT2D eigenvalue weighted by atomic mass is 9.93. The third-order valence-corrected chi connectivity index (χ3v) is 10.1.